The third-order valence-corrected chi connectivity index (χ3v) is 3.52. The zero-order valence-electron chi connectivity index (χ0n) is 11.0. The second-order valence-electron chi connectivity index (χ2n) is 4.49. The highest BCUT2D eigenvalue weighted by Crippen LogP contribution is 2.23. The Morgan fingerprint density at radius 3 is 2.63 bits per heavy atom. The van der Waals surface area contributed by atoms with E-state index in [1.54, 1.807) is 0 Å². The summed E-state index contributed by atoms with van der Waals surface area (Å²) in [5, 5.41) is 3.05. The van der Waals surface area contributed by atoms with Crippen LogP contribution in [0.2, 0.25) is 0 Å². The average molecular weight is 288 g/mol. The fraction of sp³-hybridized carbons (Fsp3) is 0.462. The molecule has 0 aliphatic carbocycles. The molecule has 0 aromatic heterocycles. The Morgan fingerprint density at radius 1 is 1.42 bits per heavy atom. The molecule has 106 valence electrons. The van der Waals surface area contributed by atoms with Crippen LogP contribution in [0.5, 0.6) is 0 Å². The molecule has 1 unspecified atom stereocenters. The van der Waals surface area contributed by atoms with Crippen LogP contribution in [-0.2, 0) is 4.79 Å². The molecule has 6 heteroatoms. The Kier molecular flexibility index (Phi) is 6.24. The molecule has 19 heavy (non-hydrogen) atoms. The van der Waals surface area contributed by atoms with Gasteiger partial charge in [-0.1, -0.05) is 13.8 Å². The Balaban J connectivity index is 2.49. The van der Waals surface area contributed by atoms with Crippen LogP contribution >= 0.6 is 11.8 Å². The molecule has 0 radical (unpaired) electrons. The van der Waals surface area contributed by atoms with Crippen molar-refractivity contribution < 1.29 is 13.6 Å². The molecule has 1 rings (SSSR count). The lowest BCUT2D eigenvalue weighted by Crippen LogP contribution is -2.44. The third kappa shape index (κ3) is 5.57. The van der Waals surface area contributed by atoms with Crippen molar-refractivity contribution in [2.45, 2.75) is 37.2 Å². The minimum atomic E-state index is -0.599. The first-order valence-corrected chi connectivity index (χ1v) is 7.02. The fourth-order valence-corrected chi connectivity index (χ4v) is 2.52. The van der Waals surface area contributed by atoms with Gasteiger partial charge in [0.15, 0.2) is 0 Å². The third-order valence-electron chi connectivity index (χ3n) is 2.44. The second-order valence-corrected chi connectivity index (χ2v) is 5.62. The molecule has 0 spiro atoms. The van der Waals surface area contributed by atoms with Crippen molar-refractivity contribution in [2.75, 3.05) is 5.75 Å². The largest absolute Gasteiger partial charge is 0.368 e. The predicted molar refractivity (Wildman–Crippen MR) is 73.0 cm³/mol. The second kappa shape index (κ2) is 7.45. The summed E-state index contributed by atoms with van der Waals surface area (Å²) in [6, 6.07) is 3.16. The lowest BCUT2D eigenvalue weighted by molar-refractivity contribution is -0.120. The van der Waals surface area contributed by atoms with Crippen molar-refractivity contribution in [1.29, 1.82) is 0 Å². The first-order chi connectivity index (χ1) is 8.90. The van der Waals surface area contributed by atoms with Crippen LogP contribution in [0, 0.1) is 11.6 Å². The SMILES string of the molecule is CC(C)NC(CCSc1ccc(F)cc1F)C(N)=O. The van der Waals surface area contributed by atoms with Gasteiger partial charge in [-0.25, -0.2) is 8.78 Å². The van der Waals surface area contributed by atoms with Gasteiger partial charge in [0.2, 0.25) is 5.91 Å². The molecule has 0 saturated carbocycles. The van der Waals surface area contributed by atoms with E-state index in [-0.39, 0.29) is 6.04 Å². The van der Waals surface area contributed by atoms with Crippen LogP contribution in [0.15, 0.2) is 23.1 Å². The number of halogens is 2. The number of primary amides is 1. The molecule has 3 nitrogen and oxygen atoms in total. The zero-order chi connectivity index (χ0) is 14.4. The van der Waals surface area contributed by atoms with Crippen molar-refractivity contribution in [3.63, 3.8) is 0 Å². The fourth-order valence-electron chi connectivity index (χ4n) is 1.59. The van der Waals surface area contributed by atoms with Crippen LogP contribution < -0.4 is 11.1 Å². The molecule has 3 N–H and O–H groups in total. The number of nitrogens with two attached hydrogens (primary N) is 1. The van der Waals surface area contributed by atoms with E-state index < -0.39 is 23.6 Å². The maximum atomic E-state index is 13.4. The highest BCUT2D eigenvalue weighted by atomic mass is 32.2. The van der Waals surface area contributed by atoms with E-state index in [2.05, 4.69) is 5.32 Å². The summed E-state index contributed by atoms with van der Waals surface area (Å²) in [6.45, 7) is 3.84. The number of benzene rings is 1. The van der Waals surface area contributed by atoms with Gasteiger partial charge in [0.1, 0.15) is 11.6 Å². The Hall–Kier alpha value is -1.14. The highest BCUT2D eigenvalue weighted by Gasteiger charge is 2.16. The number of rotatable bonds is 7. The van der Waals surface area contributed by atoms with Crippen molar-refractivity contribution in [1.82, 2.24) is 5.32 Å². The van der Waals surface area contributed by atoms with E-state index in [4.69, 9.17) is 5.73 Å². The van der Waals surface area contributed by atoms with E-state index in [9.17, 15) is 13.6 Å². The van der Waals surface area contributed by atoms with Crippen LogP contribution in [0.1, 0.15) is 20.3 Å². The van der Waals surface area contributed by atoms with Gasteiger partial charge in [0.05, 0.1) is 6.04 Å². The summed E-state index contributed by atoms with van der Waals surface area (Å²) in [7, 11) is 0. The van der Waals surface area contributed by atoms with Gasteiger partial charge in [0.25, 0.3) is 0 Å². The van der Waals surface area contributed by atoms with E-state index in [1.165, 1.54) is 23.9 Å². The van der Waals surface area contributed by atoms with Gasteiger partial charge in [-0.2, -0.15) is 0 Å². The maximum Gasteiger partial charge on any atom is 0.234 e. The summed E-state index contributed by atoms with van der Waals surface area (Å²) in [5.74, 6) is -1.08. The standard InChI is InChI=1S/C13H18F2N2OS/c1-8(2)17-11(13(16)18)5-6-19-12-4-3-9(14)7-10(12)15/h3-4,7-8,11,17H,5-6H2,1-2H3,(H2,16,18). The Morgan fingerprint density at radius 2 is 2.11 bits per heavy atom. The summed E-state index contributed by atoms with van der Waals surface area (Å²) in [5.41, 5.74) is 5.28. The van der Waals surface area contributed by atoms with E-state index >= 15 is 0 Å². The number of hydrogen-bond donors (Lipinski definition) is 2. The number of nitrogens with one attached hydrogen (secondary N) is 1. The molecular formula is C13H18F2N2OS. The van der Waals surface area contributed by atoms with Crippen molar-refractivity contribution >= 4 is 17.7 Å². The molecule has 0 aliphatic heterocycles. The van der Waals surface area contributed by atoms with Gasteiger partial charge in [-0.15, -0.1) is 11.8 Å². The van der Waals surface area contributed by atoms with Gasteiger partial charge < -0.3 is 11.1 Å². The van der Waals surface area contributed by atoms with E-state index in [0.29, 0.717) is 17.1 Å². The highest BCUT2D eigenvalue weighted by molar-refractivity contribution is 7.99. The van der Waals surface area contributed by atoms with Crippen LogP contribution in [0.3, 0.4) is 0 Å². The lowest BCUT2D eigenvalue weighted by Gasteiger charge is -2.17. The maximum absolute atomic E-state index is 13.4. The van der Waals surface area contributed by atoms with Gasteiger partial charge in [0, 0.05) is 22.8 Å². The number of carbonyl (C=O) groups excluding carboxylic acids is 1. The van der Waals surface area contributed by atoms with Crippen LogP contribution in [-0.4, -0.2) is 23.7 Å². The first kappa shape index (κ1) is 15.9. The minimum Gasteiger partial charge on any atom is -0.368 e. The monoisotopic (exact) mass is 288 g/mol. The van der Waals surface area contributed by atoms with Gasteiger partial charge in [-0.3, -0.25) is 4.79 Å². The molecule has 1 aromatic rings. The predicted octanol–water partition coefficient (Wildman–Crippen LogP) is 2.30. The van der Waals surface area contributed by atoms with E-state index in [1.807, 2.05) is 13.8 Å². The molecular weight excluding hydrogens is 270 g/mol. The van der Waals surface area contributed by atoms with Crippen molar-refractivity contribution in [3.05, 3.63) is 29.8 Å². The topological polar surface area (TPSA) is 55.1 Å². The summed E-state index contributed by atoms with van der Waals surface area (Å²) < 4.78 is 26.1. The normalized spacial score (nSPS) is 12.7. The summed E-state index contributed by atoms with van der Waals surface area (Å²) >= 11 is 1.24. The number of thioether (sulfide) groups is 1. The molecule has 0 heterocycles. The molecule has 0 aliphatic rings. The number of hydrogen-bond acceptors (Lipinski definition) is 3. The summed E-state index contributed by atoms with van der Waals surface area (Å²) in [4.78, 5) is 11.6. The van der Waals surface area contributed by atoms with Crippen LogP contribution in [0.4, 0.5) is 8.78 Å². The number of carbonyl (C=O) groups is 1. The number of amides is 1. The van der Waals surface area contributed by atoms with Gasteiger partial charge >= 0.3 is 0 Å². The quantitative estimate of drug-likeness (QED) is 0.757. The summed E-state index contributed by atoms with van der Waals surface area (Å²) in [6.07, 6.45) is 0.495. The molecule has 1 atom stereocenters. The van der Waals surface area contributed by atoms with Crippen molar-refractivity contribution in [2.24, 2.45) is 5.73 Å². The molecule has 0 saturated heterocycles. The molecule has 1 amide bonds. The Labute approximate surface area is 115 Å². The molecule has 1 aromatic carbocycles. The molecule has 0 bridgehead atoms. The smallest absolute Gasteiger partial charge is 0.234 e. The van der Waals surface area contributed by atoms with Gasteiger partial charge in [-0.05, 0) is 18.6 Å². The van der Waals surface area contributed by atoms with Crippen LogP contribution in [0.25, 0.3) is 0 Å². The zero-order valence-corrected chi connectivity index (χ0v) is 11.8. The van der Waals surface area contributed by atoms with Crippen molar-refractivity contribution in [3.8, 4) is 0 Å². The average Bonchev–Trinajstić information content (AvgIpc) is 2.29. The van der Waals surface area contributed by atoms with E-state index in [0.717, 1.165) is 6.07 Å². The Bertz CT molecular complexity index is 441. The first-order valence-electron chi connectivity index (χ1n) is 6.03. The minimum absolute atomic E-state index is 0.144. The molecule has 0 fully saturated rings. The lowest BCUT2D eigenvalue weighted by atomic mass is 10.2.